The van der Waals surface area contributed by atoms with Crippen LogP contribution < -0.4 is 10.6 Å². The van der Waals surface area contributed by atoms with E-state index >= 15 is 0 Å². The summed E-state index contributed by atoms with van der Waals surface area (Å²) in [5.41, 5.74) is 7.38. The molecule has 212 valence electrons. The summed E-state index contributed by atoms with van der Waals surface area (Å²) in [5, 5.41) is 10.5. The summed E-state index contributed by atoms with van der Waals surface area (Å²) in [6, 6.07) is 6.79. The zero-order chi connectivity index (χ0) is 29.8. The highest BCUT2D eigenvalue weighted by atomic mass is 35.5. The number of phenolic OH excluding ortho intramolecular Hbond substituents is 1. The minimum absolute atomic E-state index is 0.0370. The summed E-state index contributed by atoms with van der Waals surface area (Å²) in [7, 11) is 0. The van der Waals surface area contributed by atoms with Gasteiger partial charge in [0.05, 0.1) is 17.5 Å². The van der Waals surface area contributed by atoms with Crippen molar-refractivity contribution in [2.75, 3.05) is 4.90 Å². The summed E-state index contributed by atoms with van der Waals surface area (Å²) in [4.78, 5) is 63.9. The number of alkyl halides is 2. The molecular formula is C29H24Cl2FN3O6. The highest BCUT2D eigenvalue weighted by molar-refractivity contribution is 6.58. The molecule has 6 rings (SSSR count). The Morgan fingerprint density at radius 3 is 2.20 bits per heavy atom. The van der Waals surface area contributed by atoms with E-state index in [0.29, 0.717) is 27.2 Å². The molecule has 2 heterocycles. The molecule has 2 saturated heterocycles. The molecule has 2 aliphatic heterocycles. The number of halogens is 3. The van der Waals surface area contributed by atoms with Crippen molar-refractivity contribution in [3.63, 3.8) is 0 Å². The number of carbonyl (C=O) groups is 5. The average Bonchev–Trinajstić information content (AvgIpc) is 3.26. The van der Waals surface area contributed by atoms with Crippen LogP contribution in [0.25, 0.3) is 0 Å². The molecule has 3 fully saturated rings. The van der Waals surface area contributed by atoms with Crippen LogP contribution in [0.3, 0.4) is 0 Å². The first-order valence-corrected chi connectivity index (χ1v) is 13.7. The van der Waals surface area contributed by atoms with E-state index in [9.17, 15) is 33.5 Å². The van der Waals surface area contributed by atoms with Crippen LogP contribution in [0.2, 0.25) is 0 Å². The summed E-state index contributed by atoms with van der Waals surface area (Å²) in [6.45, 7) is 3.34. The van der Waals surface area contributed by atoms with Crippen molar-refractivity contribution in [3.05, 3.63) is 70.6 Å². The lowest BCUT2D eigenvalue weighted by Gasteiger charge is -2.50. The molecule has 9 nitrogen and oxygen atoms in total. The van der Waals surface area contributed by atoms with Crippen molar-refractivity contribution in [1.82, 2.24) is 4.90 Å². The molecule has 4 aliphatic rings. The number of nitrogens with zero attached hydrogens (tertiary/aromatic N) is 2. The SMILES string of the molecule is Cc1cc(C2C3=CCC4C(=O)N(C(N)=O)C(=O)C4C3CC3(Cl)C(=O)N(c4ccc(F)cc4)C(=O)C23Cl)cc(C)c1O. The fourth-order valence-electron chi connectivity index (χ4n) is 7.15. The quantitative estimate of drug-likeness (QED) is 0.306. The Bertz CT molecular complexity index is 1600. The largest absolute Gasteiger partial charge is 0.507 e. The van der Waals surface area contributed by atoms with Crippen molar-refractivity contribution in [2.45, 2.75) is 42.4 Å². The van der Waals surface area contributed by atoms with E-state index in [1.54, 1.807) is 32.1 Å². The predicted octanol–water partition coefficient (Wildman–Crippen LogP) is 3.79. The molecule has 2 aliphatic carbocycles. The second kappa shape index (κ2) is 8.87. The number of urea groups is 1. The number of benzene rings is 2. The van der Waals surface area contributed by atoms with Crippen LogP contribution in [0, 0.1) is 37.4 Å². The van der Waals surface area contributed by atoms with Crippen molar-refractivity contribution < 1.29 is 33.5 Å². The minimum atomic E-state index is -2.10. The number of nitrogens with two attached hydrogens (primary N) is 1. The maximum Gasteiger partial charge on any atom is 0.328 e. The first-order chi connectivity index (χ1) is 19.2. The number of likely N-dealkylation sites (tertiary alicyclic amines) is 1. The van der Waals surface area contributed by atoms with E-state index in [-0.39, 0.29) is 24.3 Å². The Labute approximate surface area is 243 Å². The van der Waals surface area contributed by atoms with Gasteiger partial charge >= 0.3 is 6.03 Å². The molecule has 0 bridgehead atoms. The van der Waals surface area contributed by atoms with Gasteiger partial charge in [-0.05, 0) is 73.6 Å². The number of primary amides is 1. The summed E-state index contributed by atoms with van der Waals surface area (Å²) < 4.78 is 13.7. The molecule has 2 aromatic rings. The highest BCUT2D eigenvalue weighted by Crippen LogP contribution is 2.66. The van der Waals surface area contributed by atoms with Gasteiger partial charge in [0.2, 0.25) is 11.8 Å². The molecule has 0 spiro atoms. The molecule has 12 heteroatoms. The number of anilines is 1. The fourth-order valence-corrected chi connectivity index (χ4v) is 8.08. The molecule has 6 atom stereocenters. The standard InChI is InChI=1S/C29H24Cl2FN3O6/c1-12-9-14(10-13(2)22(12)36)21-17-7-8-18-20(24(38)35(23(18)37)27(33)41)19(17)11-28(30)25(39)34(26(40)29(21,28)31)16-5-3-15(32)4-6-16/h3-7,9-10,18-21,36H,8,11H2,1-2H3,(H2,33,41). The molecule has 6 amide bonds. The number of aryl methyl sites for hydroxylation is 2. The second-order valence-electron chi connectivity index (χ2n) is 11.1. The molecular weight excluding hydrogens is 576 g/mol. The minimum Gasteiger partial charge on any atom is -0.507 e. The lowest BCUT2D eigenvalue weighted by Crippen LogP contribution is -2.60. The molecule has 1 saturated carbocycles. The topological polar surface area (TPSA) is 138 Å². The van der Waals surface area contributed by atoms with E-state index in [1.807, 2.05) is 0 Å². The molecule has 0 aromatic heterocycles. The maximum absolute atomic E-state index is 14.3. The number of allylic oxidation sites excluding steroid dienone is 2. The van der Waals surface area contributed by atoms with Crippen LogP contribution in [0.15, 0.2) is 48.0 Å². The number of rotatable bonds is 2. The Balaban J connectivity index is 1.59. The fraction of sp³-hybridized carbons (Fsp3) is 0.345. The van der Waals surface area contributed by atoms with Gasteiger partial charge in [0.15, 0.2) is 9.75 Å². The normalized spacial score (nSPS) is 32.6. The predicted molar refractivity (Wildman–Crippen MR) is 146 cm³/mol. The van der Waals surface area contributed by atoms with Crippen LogP contribution in [-0.2, 0) is 19.2 Å². The molecule has 3 N–H and O–H groups in total. The Morgan fingerprint density at radius 1 is 1.00 bits per heavy atom. The Morgan fingerprint density at radius 2 is 1.61 bits per heavy atom. The van der Waals surface area contributed by atoms with Gasteiger partial charge in [-0.1, -0.05) is 23.8 Å². The van der Waals surface area contributed by atoms with Crippen molar-refractivity contribution >= 4 is 58.5 Å². The first kappa shape index (κ1) is 27.4. The lowest BCUT2D eigenvalue weighted by atomic mass is 9.56. The third kappa shape index (κ3) is 3.43. The summed E-state index contributed by atoms with van der Waals surface area (Å²) >= 11 is 14.5. The number of hydrogen-bond acceptors (Lipinski definition) is 6. The number of aromatic hydroxyl groups is 1. The molecule has 6 unspecified atom stereocenters. The van der Waals surface area contributed by atoms with Gasteiger partial charge in [0, 0.05) is 5.92 Å². The van der Waals surface area contributed by atoms with E-state index in [0.717, 1.165) is 17.0 Å². The zero-order valence-electron chi connectivity index (χ0n) is 21.9. The summed E-state index contributed by atoms with van der Waals surface area (Å²) in [6.07, 6.45) is 1.51. The average molecular weight is 600 g/mol. The summed E-state index contributed by atoms with van der Waals surface area (Å²) in [5.74, 6) is -7.62. The van der Waals surface area contributed by atoms with Crippen LogP contribution in [-0.4, -0.2) is 49.4 Å². The van der Waals surface area contributed by atoms with Crippen LogP contribution in [0.4, 0.5) is 14.9 Å². The van der Waals surface area contributed by atoms with Gasteiger partial charge < -0.3 is 10.8 Å². The number of phenols is 1. The van der Waals surface area contributed by atoms with Gasteiger partial charge in [0.25, 0.3) is 11.8 Å². The van der Waals surface area contributed by atoms with E-state index in [1.165, 1.54) is 12.1 Å². The monoisotopic (exact) mass is 599 g/mol. The van der Waals surface area contributed by atoms with Crippen LogP contribution in [0.5, 0.6) is 5.75 Å². The first-order valence-electron chi connectivity index (χ1n) is 12.9. The van der Waals surface area contributed by atoms with E-state index in [2.05, 4.69) is 0 Å². The van der Waals surface area contributed by atoms with E-state index in [4.69, 9.17) is 28.9 Å². The number of amides is 6. The highest BCUT2D eigenvalue weighted by Gasteiger charge is 2.76. The Hall–Kier alpha value is -3.76. The third-order valence-corrected chi connectivity index (χ3v) is 10.4. The smallest absolute Gasteiger partial charge is 0.328 e. The Kier molecular flexibility index (Phi) is 5.93. The van der Waals surface area contributed by atoms with Gasteiger partial charge in [-0.15, -0.1) is 23.2 Å². The number of fused-ring (bicyclic) bond motifs is 4. The molecule has 41 heavy (non-hydrogen) atoms. The van der Waals surface area contributed by atoms with Crippen molar-refractivity contribution in [2.24, 2.45) is 23.5 Å². The van der Waals surface area contributed by atoms with Crippen LogP contribution in [0.1, 0.15) is 35.4 Å². The van der Waals surface area contributed by atoms with Crippen molar-refractivity contribution in [1.29, 1.82) is 0 Å². The number of carbonyl (C=O) groups excluding carboxylic acids is 5. The number of imide groups is 4. The lowest BCUT2D eigenvalue weighted by molar-refractivity contribution is -0.136. The van der Waals surface area contributed by atoms with Gasteiger partial charge in [-0.3, -0.25) is 19.2 Å². The molecule has 2 aromatic carbocycles. The van der Waals surface area contributed by atoms with Crippen molar-refractivity contribution in [3.8, 4) is 5.75 Å². The second-order valence-corrected chi connectivity index (χ2v) is 12.3. The van der Waals surface area contributed by atoms with Gasteiger partial charge in [-0.2, -0.15) is 4.90 Å². The number of hydrogen-bond donors (Lipinski definition) is 2. The van der Waals surface area contributed by atoms with Crippen LogP contribution >= 0.6 is 23.2 Å². The maximum atomic E-state index is 14.3. The molecule has 0 radical (unpaired) electrons. The third-order valence-electron chi connectivity index (χ3n) is 8.96. The zero-order valence-corrected chi connectivity index (χ0v) is 23.4. The van der Waals surface area contributed by atoms with Gasteiger partial charge in [-0.25, -0.2) is 14.1 Å². The van der Waals surface area contributed by atoms with E-state index < -0.39 is 68.9 Å². The van der Waals surface area contributed by atoms with Gasteiger partial charge in [0.1, 0.15) is 11.6 Å².